The molecule has 0 bridgehead atoms. The number of esters is 1. The fourth-order valence-electron chi connectivity index (χ4n) is 1.36. The quantitative estimate of drug-likeness (QED) is 0.620. The highest BCUT2D eigenvalue weighted by molar-refractivity contribution is 9.09. The summed E-state index contributed by atoms with van der Waals surface area (Å²) in [4.78, 5) is 22.9. The molecule has 0 heterocycles. The van der Waals surface area contributed by atoms with Crippen LogP contribution >= 0.6 is 15.9 Å². The predicted molar refractivity (Wildman–Crippen MR) is 64.9 cm³/mol. The van der Waals surface area contributed by atoms with Crippen LogP contribution in [-0.4, -0.2) is 23.7 Å². The highest BCUT2D eigenvalue weighted by Gasteiger charge is 2.15. The molecular weight excluding hydrogens is 291 g/mol. The van der Waals surface area contributed by atoms with Crippen molar-refractivity contribution in [2.45, 2.75) is 13.3 Å². The van der Waals surface area contributed by atoms with E-state index in [0.717, 1.165) is 6.07 Å². The predicted octanol–water partition coefficient (Wildman–Crippen LogP) is 2.51. The SMILES string of the molecule is CCOC(=O)c1cc(F)ccc1CC(=O)CBr. The van der Waals surface area contributed by atoms with Gasteiger partial charge in [-0.05, 0) is 24.6 Å². The average Bonchev–Trinajstić information content (AvgIpc) is 2.31. The van der Waals surface area contributed by atoms with Gasteiger partial charge in [0.25, 0.3) is 0 Å². The van der Waals surface area contributed by atoms with E-state index < -0.39 is 11.8 Å². The molecule has 1 aromatic carbocycles. The smallest absolute Gasteiger partial charge is 0.338 e. The molecule has 5 heteroatoms. The fourth-order valence-corrected chi connectivity index (χ4v) is 1.56. The van der Waals surface area contributed by atoms with Crippen molar-refractivity contribution in [1.82, 2.24) is 0 Å². The third-order valence-corrected chi connectivity index (χ3v) is 2.73. The number of hydrogen-bond acceptors (Lipinski definition) is 3. The van der Waals surface area contributed by atoms with Crippen LogP contribution in [0.4, 0.5) is 4.39 Å². The number of ether oxygens (including phenoxy) is 1. The average molecular weight is 303 g/mol. The third-order valence-electron chi connectivity index (χ3n) is 2.10. The van der Waals surface area contributed by atoms with Gasteiger partial charge in [-0.25, -0.2) is 9.18 Å². The lowest BCUT2D eigenvalue weighted by Crippen LogP contribution is -2.12. The van der Waals surface area contributed by atoms with E-state index in [1.54, 1.807) is 6.92 Å². The molecule has 3 nitrogen and oxygen atoms in total. The number of halogens is 2. The molecule has 0 radical (unpaired) electrons. The van der Waals surface area contributed by atoms with Crippen LogP contribution in [0.15, 0.2) is 18.2 Å². The summed E-state index contributed by atoms with van der Waals surface area (Å²) in [5.41, 5.74) is 0.593. The van der Waals surface area contributed by atoms with Crippen molar-refractivity contribution in [3.8, 4) is 0 Å². The van der Waals surface area contributed by atoms with Crippen LogP contribution < -0.4 is 0 Å². The Morgan fingerprint density at radius 3 is 2.71 bits per heavy atom. The number of carbonyl (C=O) groups excluding carboxylic acids is 2. The van der Waals surface area contributed by atoms with Crippen LogP contribution in [0.1, 0.15) is 22.8 Å². The lowest BCUT2D eigenvalue weighted by atomic mass is 10.0. The summed E-state index contributed by atoms with van der Waals surface area (Å²) >= 11 is 3.04. The van der Waals surface area contributed by atoms with Gasteiger partial charge < -0.3 is 4.74 Å². The molecule has 0 N–H and O–H groups in total. The standard InChI is InChI=1S/C12H12BrFO3/c1-2-17-12(16)11-6-9(14)4-3-8(11)5-10(15)7-13/h3-4,6H,2,5,7H2,1H3. The van der Waals surface area contributed by atoms with Crippen molar-refractivity contribution in [3.63, 3.8) is 0 Å². The van der Waals surface area contributed by atoms with Crippen LogP contribution in [0.5, 0.6) is 0 Å². The van der Waals surface area contributed by atoms with Crippen molar-refractivity contribution in [2.24, 2.45) is 0 Å². The highest BCUT2D eigenvalue weighted by atomic mass is 79.9. The summed E-state index contributed by atoms with van der Waals surface area (Å²) in [5, 5.41) is 0.201. The Morgan fingerprint density at radius 1 is 1.41 bits per heavy atom. The first-order chi connectivity index (χ1) is 8.08. The molecule has 0 amide bonds. The third kappa shape index (κ3) is 3.93. The van der Waals surface area contributed by atoms with Gasteiger partial charge in [-0.3, -0.25) is 4.79 Å². The maximum Gasteiger partial charge on any atom is 0.338 e. The minimum absolute atomic E-state index is 0.0813. The number of rotatable bonds is 5. The zero-order valence-electron chi connectivity index (χ0n) is 9.33. The molecule has 0 unspecified atom stereocenters. The lowest BCUT2D eigenvalue weighted by Gasteiger charge is -2.07. The van der Waals surface area contributed by atoms with Crippen LogP contribution in [-0.2, 0) is 16.0 Å². The van der Waals surface area contributed by atoms with E-state index in [1.165, 1.54) is 12.1 Å². The first-order valence-corrected chi connectivity index (χ1v) is 6.23. The van der Waals surface area contributed by atoms with E-state index in [-0.39, 0.29) is 29.7 Å². The molecular formula is C12H12BrFO3. The second-order valence-electron chi connectivity index (χ2n) is 3.37. The lowest BCUT2D eigenvalue weighted by molar-refractivity contribution is -0.115. The molecule has 1 aromatic rings. The molecule has 0 aliphatic carbocycles. The normalized spacial score (nSPS) is 10.1. The summed E-state index contributed by atoms with van der Waals surface area (Å²) in [6, 6.07) is 3.75. The second kappa shape index (κ2) is 6.49. The summed E-state index contributed by atoms with van der Waals surface area (Å²) in [6.07, 6.45) is 0.0830. The first-order valence-electron chi connectivity index (χ1n) is 5.11. The number of alkyl halides is 1. The summed E-state index contributed by atoms with van der Waals surface area (Å²) < 4.78 is 17.9. The van der Waals surface area contributed by atoms with Crippen molar-refractivity contribution in [3.05, 3.63) is 35.1 Å². The van der Waals surface area contributed by atoms with E-state index in [0.29, 0.717) is 5.56 Å². The van der Waals surface area contributed by atoms with E-state index in [2.05, 4.69) is 15.9 Å². The van der Waals surface area contributed by atoms with E-state index in [1.807, 2.05) is 0 Å². The van der Waals surface area contributed by atoms with Gasteiger partial charge in [-0.2, -0.15) is 0 Å². The van der Waals surface area contributed by atoms with Gasteiger partial charge in [-0.15, -0.1) is 0 Å². The Labute approximate surface area is 107 Å². The van der Waals surface area contributed by atoms with Gasteiger partial charge in [0.15, 0.2) is 0 Å². The van der Waals surface area contributed by atoms with Crippen LogP contribution in [0, 0.1) is 5.82 Å². The first kappa shape index (κ1) is 13.8. The topological polar surface area (TPSA) is 43.4 Å². The molecule has 0 spiro atoms. The molecule has 0 saturated heterocycles. The van der Waals surface area contributed by atoms with Gasteiger partial charge in [0.2, 0.25) is 0 Å². The monoisotopic (exact) mass is 302 g/mol. The number of hydrogen-bond donors (Lipinski definition) is 0. The molecule has 17 heavy (non-hydrogen) atoms. The van der Waals surface area contributed by atoms with Crippen molar-refractivity contribution in [1.29, 1.82) is 0 Å². The second-order valence-corrected chi connectivity index (χ2v) is 3.93. The summed E-state index contributed by atoms with van der Waals surface area (Å²) in [7, 11) is 0. The zero-order chi connectivity index (χ0) is 12.8. The maximum atomic E-state index is 13.1. The number of carbonyl (C=O) groups is 2. The van der Waals surface area contributed by atoms with Crippen molar-refractivity contribution >= 4 is 27.7 Å². The Hall–Kier alpha value is -1.23. The summed E-state index contributed by atoms with van der Waals surface area (Å²) in [5.74, 6) is -1.21. The van der Waals surface area contributed by atoms with Gasteiger partial charge in [0.1, 0.15) is 11.6 Å². The van der Waals surface area contributed by atoms with Gasteiger partial charge in [0, 0.05) is 6.42 Å². The number of Topliss-reactive ketones (excluding diaryl/α,β-unsaturated/α-hetero) is 1. The van der Waals surface area contributed by atoms with E-state index >= 15 is 0 Å². The van der Waals surface area contributed by atoms with Crippen LogP contribution in [0.3, 0.4) is 0 Å². The minimum Gasteiger partial charge on any atom is -0.462 e. The largest absolute Gasteiger partial charge is 0.462 e. The molecule has 0 aromatic heterocycles. The van der Waals surface area contributed by atoms with Crippen LogP contribution in [0.2, 0.25) is 0 Å². The summed E-state index contributed by atoms with van der Waals surface area (Å²) in [6.45, 7) is 1.88. The Morgan fingerprint density at radius 2 is 2.12 bits per heavy atom. The molecule has 0 fully saturated rings. The van der Waals surface area contributed by atoms with Crippen molar-refractivity contribution in [2.75, 3.05) is 11.9 Å². The Kier molecular flexibility index (Phi) is 5.28. The maximum absolute atomic E-state index is 13.1. The fraction of sp³-hybridized carbons (Fsp3) is 0.333. The Bertz CT molecular complexity index is 432. The van der Waals surface area contributed by atoms with Gasteiger partial charge in [-0.1, -0.05) is 22.0 Å². The number of ketones is 1. The number of benzene rings is 1. The van der Waals surface area contributed by atoms with Gasteiger partial charge in [0.05, 0.1) is 17.5 Å². The van der Waals surface area contributed by atoms with Gasteiger partial charge >= 0.3 is 5.97 Å². The molecule has 92 valence electrons. The highest BCUT2D eigenvalue weighted by Crippen LogP contribution is 2.14. The Balaban J connectivity index is 3.03. The van der Waals surface area contributed by atoms with Crippen molar-refractivity contribution < 1.29 is 18.7 Å². The minimum atomic E-state index is -0.607. The molecule has 0 aliphatic heterocycles. The molecule has 1 rings (SSSR count). The zero-order valence-corrected chi connectivity index (χ0v) is 10.9. The van der Waals surface area contributed by atoms with Crippen LogP contribution in [0.25, 0.3) is 0 Å². The van der Waals surface area contributed by atoms with E-state index in [9.17, 15) is 14.0 Å². The van der Waals surface area contributed by atoms with E-state index in [4.69, 9.17) is 4.74 Å². The molecule has 0 atom stereocenters. The molecule has 0 aliphatic rings. The molecule has 0 saturated carbocycles.